The zero-order chi connectivity index (χ0) is 21.3. The van der Waals surface area contributed by atoms with Gasteiger partial charge in [-0.2, -0.15) is 0 Å². The molecule has 175 valence electrons. The third-order valence-electron chi connectivity index (χ3n) is 6.55. The minimum atomic E-state index is 0.648. The molecule has 0 rings (SSSR count). The van der Waals surface area contributed by atoms with Gasteiger partial charge in [0.2, 0.25) is 0 Å². The van der Waals surface area contributed by atoms with Crippen LogP contribution in [0, 0.1) is 12.8 Å². The standard InChI is InChI=1S/C29H59/c1-4-5-6-7-8-9-10-11-12-13-14-15-16-17-18-19-20-21-22-23-24-25-26-27-28-29(2)3/h29H,2,4-28H2,1,3H3. The first-order valence-electron chi connectivity index (χ1n) is 14.1. The van der Waals surface area contributed by atoms with Crippen LogP contribution < -0.4 is 0 Å². The van der Waals surface area contributed by atoms with Gasteiger partial charge >= 0.3 is 0 Å². The van der Waals surface area contributed by atoms with Gasteiger partial charge in [0.25, 0.3) is 0 Å². The van der Waals surface area contributed by atoms with E-state index in [9.17, 15) is 0 Å². The van der Waals surface area contributed by atoms with Gasteiger partial charge in [0, 0.05) is 0 Å². The van der Waals surface area contributed by atoms with E-state index in [0.29, 0.717) is 5.92 Å². The predicted octanol–water partition coefficient (Wildman–Crippen LogP) is 11.2. The fourth-order valence-corrected chi connectivity index (χ4v) is 4.46. The molecule has 0 bridgehead atoms. The lowest BCUT2D eigenvalue weighted by Gasteiger charge is -2.05. The molecule has 1 radical (unpaired) electrons. The Labute approximate surface area is 187 Å². The number of hydrogen-bond donors (Lipinski definition) is 0. The van der Waals surface area contributed by atoms with Crippen molar-refractivity contribution in [2.45, 2.75) is 174 Å². The average molecular weight is 408 g/mol. The van der Waals surface area contributed by atoms with Crippen molar-refractivity contribution in [3.05, 3.63) is 6.92 Å². The van der Waals surface area contributed by atoms with Crippen LogP contribution in [0.3, 0.4) is 0 Å². The molecule has 0 amide bonds. The molecule has 0 aliphatic carbocycles. The van der Waals surface area contributed by atoms with Crippen LogP contribution in [0.4, 0.5) is 0 Å². The minimum Gasteiger partial charge on any atom is -0.0654 e. The maximum atomic E-state index is 4.07. The molecule has 0 aromatic rings. The second-order valence-electron chi connectivity index (χ2n) is 10.0. The monoisotopic (exact) mass is 407 g/mol. The maximum absolute atomic E-state index is 4.07. The third-order valence-corrected chi connectivity index (χ3v) is 6.55. The highest BCUT2D eigenvalue weighted by Crippen LogP contribution is 2.16. The summed E-state index contributed by atoms with van der Waals surface area (Å²) in [6.45, 7) is 8.60. The first-order chi connectivity index (χ1) is 14.3. The summed E-state index contributed by atoms with van der Waals surface area (Å²) in [4.78, 5) is 0. The van der Waals surface area contributed by atoms with Crippen molar-refractivity contribution >= 4 is 0 Å². The van der Waals surface area contributed by atoms with E-state index in [1.807, 2.05) is 0 Å². The summed E-state index contributed by atoms with van der Waals surface area (Å²) in [7, 11) is 0. The van der Waals surface area contributed by atoms with Crippen LogP contribution in [0.15, 0.2) is 0 Å². The molecule has 0 fully saturated rings. The normalized spacial score (nSPS) is 11.6. The van der Waals surface area contributed by atoms with Gasteiger partial charge in [0.15, 0.2) is 0 Å². The Balaban J connectivity index is 2.98. The van der Waals surface area contributed by atoms with Gasteiger partial charge < -0.3 is 0 Å². The molecule has 0 saturated carbocycles. The number of unbranched alkanes of at least 4 members (excludes halogenated alkanes) is 23. The highest BCUT2D eigenvalue weighted by Gasteiger charge is 1.97. The van der Waals surface area contributed by atoms with Crippen LogP contribution >= 0.6 is 0 Å². The molecule has 0 heteroatoms. The number of hydrogen-bond acceptors (Lipinski definition) is 0. The molecular weight excluding hydrogens is 348 g/mol. The van der Waals surface area contributed by atoms with E-state index in [2.05, 4.69) is 20.8 Å². The van der Waals surface area contributed by atoms with Crippen molar-refractivity contribution in [1.82, 2.24) is 0 Å². The molecule has 1 atom stereocenters. The summed E-state index contributed by atoms with van der Waals surface area (Å²) < 4.78 is 0. The lowest BCUT2D eigenvalue weighted by Crippen LogP contribution is -1.87. The topological polar surface area (TPSA) is 0 Å². The summed E-state index contributed by atoms with van der Waals surface area (Å²) in [5.74, 6) is 0.648. The zero-order valence-corrected chi connectivity index (χ0v) is 21.0. The summed E-state index contributed by atoms with van der Waals surface area (Å²) in [6.07, 6.45) is 36.6. The second kappa shape index (κ2) is 26.0. The Hall–Kier alpha value is 0. The lowest BCUT2D eigenvalue weighted by atomic mass is 10.0. The molecular formula is C29H59. The molecule has 0 aromatic heterocycles. The summed E-state index contributed by atoms with van der Waals surface area (Å²) >= 11 is 0. The fraction of sp³-hybridized carbons (Fsp3) is 0.966. The highest BCUT2D eigenvalue weighted by molar-refractivity contribution is 4.55. The van der Waals surface area contributed by atoms with Gasteiger partial charge in [0.05, 0.1) is 0 Å². The van der Waals surface area contributed by atoms with Crippen molar-refractivity contribution in [2.24, 2.45) is 5.92 Å². The fourth-order valence-electron chi connectivity index (χ4n) is 4.46. The molecule has 0 N–H and O–H groups in total. The molecule has 0 saturated heterocycles. The Bertz CT molecular complexity index is 267. The Kier molecular flexibility index (Phi) is 26.0. The van der Waals surface area contributed by atoms with Gasteiger partial charge in [-0.05, 0) is 5.92 Å². The van der Waals surface area contributed by atoms with E-state index in [1.165, 1.54) is 161 Å². The first kappa shape index (κ1) is 29.0. The van der Waals surface area contributed by atoms with Crippen LogP contribution in [-0.2, 0) is 0 Å². The molecule has 0 aliphatic rings. The van der Waals surface area contributed by atoms with Crippen LogP contribution in [0.5, 0.6) is 0 Å². The van der Waals surface area contributed by atoms with E-state index in [0.717, 1.165) is 0 Å². The summed E-state index contributed by atoms with van der Waals surface area (Å²) in [5.41, 5.74) is 0. The van der Waals surface area contributed by atoms with E-state index in [4.69, 9.17) is 0 Å². The van der Waals surface area contributed by atoms with E-state index < -0.39 is 0 Å². The molecule has 0 nitrogen and oxygen atoms in total. The van der Waals surface area contributed by atoms with Crippen LogP contribution in [0.1, 0.15) is 174 Å². The molecule has 0 aliphatic heterocycles. The van der Waals surface area contributed by atoms with Crippen LogP contribution in [0.2, 0.25) is 0 Å². The Morgan fingerprint density at radius 3 is 0.793 bits per heavy atom. The largest absolute Gasteiger partial charge is 0.0654 e. The first-order valence-corrected chi connectivity index (χ1v) is 14.1. The smallest absolute Gasteiger partial charge is 0.0443 e. The van der Waals surface area contributed by atoms with Gasteiger partial charge in [-0.15, -0.1) is 0 Å². The van der Waals surface area contributed by atoms with Crippen molar-refractivity contribution in [3.63, 3.8) is 0 Å². The van der Waals surface area contributed by atoms with Crippen molar-refractivity contribution < 1.29 is 0 Å². The molecule has 0 heterocycles. The van der Waals surface area contributed by atoms with Crippen molar-refractivity contribution in [1.29, 1.82) is 0 Å². The highest BCUT2D eigenvalue weighted by atomic mass is 14.0. The van der Waals surface area contributed by atoms with E-state index in [-0.39, 0.29) is 0 Å². The SMILES string of the molecule is [CH2]C(C)CCCCCCCCCCCCCCCCCCCCCCCCCC. The second-order valence-corrected chi connectivity index (χ2v) is 10.0. The van der Waals surface area contributed by atoms with Gasteiger partial charge in [0.1, 0.15) is 0 Å². The third kappa shape index (κ3) is 28.0. The molecule has 1 unspecified atom stereocenters. The van der Waals surface area contributed by atoms with Crippen molar-refractivity contribution in [2.75, 3.05) is 0 Å². The Morgan fingerprint density at radius 1 is 0.379 bits per heavy atom. The van der Waals surface area contributed by atoms with E-state index in [1.54, 1.807) is 0 Å². The van der Waals surface area contributed by atoms with Gasteiger partial charge in [-0.1, -0.05) is 181 Å². The lowest BCUT2D eigenvalue weighted by molar-refractivity contribution is 0.511. The zero-order valence-electron chi connectivity index (χ0n) is 21.0. The molecule has 0 spiro atoms. The maximum Gasteiger partial charge on any atom is -0.0443 e. The summed E-state index contributed by atoms with van der Waals surface area (Å²) in [5, 5.41) is 0. The molecule has 29 heavy (non-hydrogen) atoms. The van der Waals surface area contributed by atoms with E-state index >= 15 is 0 Å². The number of rotatable bonds is 25. The molecule has 0 aromatic carbocycles. The van der Waals surface area contributed by atoms with Crippen molar-refractivity contribution in [3.8, 4) is 0 Å². The Morgan fingerprint density at radius 2 is 0.586 bits per heavy atom. The quantitative estimate of drug-likeness (QED) is 0.132. The van der Waals surface area contributed by atoms with Crippen LogP contribution in [0.25, 0.3) is 0 Å². The predicted molar refractivity (Wildman–Crippen MR) is 136 cm³/mol. The van der Waals surface area contributed by atoms with Crippen LogP contribution in [-0.4, -0.2) is 0 Å². The average Bonchev–Trinajstić information content (AvgIpc) is 2.71. The van der Waals surface area contributed by atoms with Gasteiger partial charge in [-0.3, -0.25) is 0 Å². The minimum absolute atomic E-state index is 0.648. The summed E-state index contributed by atoms with van der Waals surface area (Å²) in [6, 6.07) is 0. The van der Waals surface area contributed by atoms with Gasteiger partial charge in [-0.25, -0.2) is 0 Å².